The fourth-order valence-corrected chi connectivity index (χ4v) is 2.13. The molecule has 0 bridgehead atoms. The lowest BCUT2D eigenvalue weighted by Gasteiger charge is -2.13. The molecule has 0 spiro atoms. The zero-order chi connectivity index (χ0) is 14.7. The SMILES string of the molecule is N#CC(C#N)=C(NN)c1c(Cl)c(F)c(Cl)c(F)c1Cl. The van der Waals surface area contributed by atoms with E-state index in [0.29, 0.717) is 0 Å². The van der Waals surface area contributed by atoms with E-state index < -0.39 is 43.5 Å². The molecule has 0 unspecified atom stereocenters. The minimum atomic E-state index is -1.27. The minimum absolute atomic E-state index is 0.408. The molecule has 0 fully saturated rings. The summed E-state index contributed by atoms with van der Waals surface area (Å²) in [6.45, 7) is 0. The van der Waals surface area contributed by atoms with E-state index in [-0.39, 0.29) is 0 Å². The van der Waals surface area contributed by atoms with Crippen LogP contribution in [0.15, 0.2) is 5.57 Å². The summed E-state index contributed by atoms with van der Waals surface area (Å²) in [5.41, 5.74) is 0.553. The van der Waals surface area contributed by atoms with Crippen molar-refractivity contribution in [3.05, 3.63) is 37.8 Å². The van der Waals surface area contributed by atoms with Gasteiger partial charge in [0.25, 0.3) is 0 Å². The molecule has 0 saturated heterocycles. The van der Waals surface area contributed by atoms with Crippen molar-refractivity contribution in [2.75, 3.05) is 0 Å². The number of nitrogens with one attached hydrogen (secondary N) is 1. The van der Waals surface area contributed by atoms with Crippen LogP contribution in [0, 0.1) is 34.3 Å². The molecule has 0 aliphatic rings. The van der Waals surface area contributed by atoms with Crippen molar-refractivity contribution in [1.82, 2.24) is 5.43 Å². The van der Waals surface area contributed by atoms with Crippen LogP contribution in [0.5, 0.6) is 0 Å². The fraction of sp³-hybridized carbons (Fsp3) is 0. The van der Waals surface area contributed by atoms with Crippen LogP contribution in [0.4, 0.5) is 8.78 Å². The zero-order valence-electron chi connectivity index (χ0n) is 8.86. The number of nitriles is 2. The van der Waals surface area contributed by atoms with Gasteiger partial charge in [0, 0.05) is 5.56 Å². The van der Waals surface area contributed by atoms with E-state index in [9.17, 15) is 8.78 Å². The van der Waals surface area contributed by atoms with Gasteiger partial charge in [-0.3, -0.25) is 5.84 Å². The Morgan fingerprint density at radius 3 is 1.74 bits per heavy atom. The summed E-state index contributed by atoms with van der Waals surface area (Å²) in [5.74, 6) is 2.58. The van der Waals surface area contributed by atoms with Gasteiger partial charge in [-0.25, -0.2) is 8.78 Å². The average molecular weight is 324 g/mol. The number of benzene rings is 1. The molecule has 0 heterocycles. The molecule has 1 aromatic rings. The van der Waals surface area contributed by atoms with Gasteiger partial charge in [-0.15, -0.1) is 0 Å². The number of hydrazine groups is 1. The van der Waals surface area contributed by atoms with Crippen LogP contribution in [0.3, 0.4) is 0 Å². The molecular formula is C10H3Cl3F2N4. The lowest BCUT2D eigenvalue weighted by Crippen LogP contribution is -2.22. The quantitative estimate of drug-likeness (QED) is 0.288. The molecule has 1 rings (SSSR count). The second-order valence-corrected chi connectivity index (χ2v) is 4.20. The molecule has 19 heavy (non-hydrogen) atoms. The van der Waals surface area contributed by atoms with Crippen LogP contribution in [-0.4, -0.2) is 0 Å². The molecule has 3 N–H and O–H groups in total. The van der Waals surface area contributed by atoms with Gasteiger partial charge >= 0.3 is 0 Å². The Morgan fingerprint density at radius 1 is 1.00 bits per heavy atom. The molecule has 0 atom stereocenters. The van der Waals surface area contributed by atoms with Gasteiger partial charge in [0.2, 0.25) is 0 Å². The van der Waals surface area contributed by atoms with Crippen molar-refractivity contribution < 1.29 is 8.78 Å². The molecule has 0 amide bonds. The summed E-state index contributed by atoms with van der Waals surface area (Å²) in [6, 6.07) is 2.98. The number of nitrogens with two attached hydrogens (primary N) is 1. The predicted octanol–water partition coefficient (Wildman–Crippen LogP) is 3.15. The van der Waals surface area contributed by atoms with Crippen molar-refractivity contribution in [1.29, 1.82) is 10.5 Å². The first kappa shape index (κ1) is 15.5. The Kier molecular flexibility index (Phi) is 4.93. The van der Waals surface area contributed by atoms with E-state index in [0.717, 1.165) is 0 Å². The summed E-state index contributed by atoms with van der Waals surface area (Å²) >= 11 is 16.6. The third-order valence-electron chi connectivity index (χ3n) is 2.08. The lowest BCUT2D eigenvalue weighted by molar-refractivity contribution is 0.583. The van der Waals surface area contributed by atoms with Crippen molar-refractivity contribution in [3.8, 4) is 12.1 Å². The Morgan fingerprint density at radius 2 is 1.42 bits per heavy atom. The third kappa shape index (κ3) is 2.58. The van der Waals surface area contributed by atoms with Crippen LogP contribution >= 0.6 is 34.8 Å². The Bertz CT molecular complexity index is 613. The zero-order valence-corrected chi connectivity index (χ0v) is 11.1. The highest BCUT2D eigenvalue weighted by Crippen LogP contribution is 2.39. The second kappa shape index (κ2) is 6.05. The third-order valence-corrected chi connectivity index (χ3v) is 3.12. The van der Waals surface area contributed by atoms with Gasteiger partial charge < -0.3 is 5.43 Å². The highest BCUT2D eigenvalue weighted by atomic mass is 35.5. The van der Waals surface area contributed by atoms with E-state index >= 15 is 0 Å². The maximum atomic E-state index is 13.6. The van der Waals surface area contributed by atoms with Crippen LogP contribution in [0.25, 0.3) is 5.70 Å². The molecule has 0 saturated carbocycles. The van der Waals surface area contributed by atoms with Gasteiger partial charge in [0.05, 0.1) is 15.7 Å². The summed E-state index contributed by atoms with van der Waals surface area (Å²) in [7, 11) is 0. The summed E-state index contributed by atoms with van der Waals surface area (Å²) in [5, 5.41) is 15.3. The molecule has 98 valence electrons. The van der Waals surface area contributed by atoms with E-state index in [1.54, 1.807) is 0 Å². The summed E-state index contributed by atoms with van der Waals surface area (Å²) < 4.78 is 27.2. The predicted molar refractivity (Wildman–Crippen MR) is 66.9 cm³/mol. The van der Waals surface area contributed by atoms with E-state index in [1.165, 1.54) is 12.1 Å². The number of allylic oxidation sites excluding steroid dienone is 1. The van der Waals surface area contributed by atoms with Crippen molar-refractivity contribution in [3.63, 3.8) is 0 Å². The van der Waals surface area contributed by atoms with E-state index in [4.69, 9.17) is 51.2 Å². The molecule has 0 aromatic heterocycles. The van der Waals surface area contributed by atoms with Gasteiger partial charge in [-0.05, 0) is 0 Å². The van der Waals surface area contributed by atoms with Gasteiger partial charge in [-0.2, -0.15) is 10.5 Å². The van der Waals surface area contributed by atoms with Gasteiger partial charge in [-0.1, -0.05) is 34.8 Å². The van der Waals surface area contributed by atoms with Crippen LogP contribution < -0.4 is 11.3 Å². The average Bonchev–Trinajstić information content (AvgIpc) is 2.42. The maximum Gasteiger partial charge on any atom is 0.164 e. The number of nitrogens with zero attached hydrogens (tertiary/aromatic N) is 2. The highest BCUT2D eigenvalue weighted by molar-refractivity contribution is 6.41. The Balaban J connectivity index is 3.85. The van der Waals surface area contributed by atoms with Crippen LogP contribution in [0.1, 0.15) is 5.56 Å². The monoisotopic (exact) mass is 322 g/mol. The fourth-order valence-electron chi connectivity index (χ4n) is 1.23. The Hall–Kier alpha value is -1.57. The van der Waals surface area contributed by atoms with Crippen molar-refractivity contribution >= 4 is 40.5 Å². The van der Waals surface area contributed by atoms with Crippen molar-refractivity contribution in [2.24, 2.45) is 5.84 Å². The molecule has 1 aromatic carbocycles. The topological polar surface area (TPSA) is 85.6 Å². The molecule has 9 heteroatoms. The molecular weight excluding hydrogens is 320 g/mol. The standard InChI is InChI=1S/C10H3Cl3F2N4/c11-5-4(10(19-18)3(1-16)2-17)6(12)9(15)7(13)8(5)14/h19H,18H2. The van der Waals surface area contributed by atoms with Crippen molar-refractivity contribution in [2.45, 2.75) is 0 Å². The highest BCUT2D eigenvalue weighted by Gasteiger charge is 2.25. The number of hydrogen-bond acceptors (Lipinski definition) is 4. The first-order chi connectivity index (χ1) is 8.90. The first-order valence-electron chi connectivity index (χ1n) is 4.43. The molecule has 0 aliphatic heterocycles. The lowest BCUT2D eigenvalue weighted by atomic mass is 10.1. The summed E-state index contributed by atoms with van der Waals surface area (Å²) in [6.07, 6.45) is 0. The molecule has 0 radical (unpaired) electrons. The number of hydrogen-bond donors (Lipinski definition) is 2. The van der Waals surface area contributed by atoms with Gasteiger partial charge in [0.15, 0.2) is 17.2 Å². The van der Waals surface area contributed by atoms with E-state index in [2.05, 4.69) is 0 Å². The normalized spacial score (nSPS) is 9.47. The maximum absolute atomic E-state index is 13.6. The summed E-state index contributed by atoms with van der Waals surface area (Å²) in [4.78, 5) is 0. The van der Waals surface area contributed by atoms with Crippen LogP contribution in [0.2, 0.25) is 15.1 Å². The minimum Gasteiger partial charge on any atom is -0.322 e. The first-order valence-corrected chi connectivity index (χ1v) is 5.56. The van der Waals surface area contributed by atoms with Crippen LogP contribution in [-0.2, 0) is 0 Å². The van der Waals surface area contributed by atoms with E-state index in [1.807, 2.05) is 5.43 Å². The molecule has 4 nitrogen and oxygen atoms in total. The van der Waals surface area contributed by atoms with Gasteiger partial charge in [0.1, 0.15) is 17.2 Å². The second-order valence-electron chi connectivity index (χ2n) is 3.06. The number of halogens is 5. The number of rotatable bonds is 2. The largest absolute Gasteiger partial charge is 0.322 e. The molecule has 0 aliphatic carbocycles. The Labute approximate surface area is 121 Å². The smallest absolute Gasteiger partial charge is 0.164 e.